The summed E-state index contributed by atoms with van der Waals surface area (Å²) in [4.78, 5) is 17.6. The third-order valence-electron chi connectivity index (χ3n) is 7.06. The molecule has 2 aliphatic rings. The van der Waals surface area contributed by atoms with E-state index in [1.807, 2.05) is 0 Å². The summed E-state index contributed by atoms with van der Waals surface area (Å²) in [5.74, 6) is 1.85. The number of carbonyl (C=O) groups is 1. The molecule has 34 heavy (non-hydrogen) atoms. The lowest BCUT2D eigenvalue weighted by Crippen LogP contribution is -2.34. The Hall–Kier alpha value is -3.13. The van der Waals surface area contributed by atoms with E-state index in [1.165, 1.54) is 42.2 Å². The lowest BCUT2D eigenvalue weighted by molar-refractivity contribution is 0.0921. The highest BCUT2D eigenvalue weighted by atomic mass is 16.3. The Balaban J connectivity index is 1.28. The van der Waals surface area contributed by atoms with Crippen molar-refractivity contribution >= 4 is 11.6 Å². The third kappa shape index (κ3) is 4.59. The monoisotopic (exact) mass is 462 g/mol. The molecule has 180 valence electrons. The molecular formula is C26H34N6O2. The quantitative estimate of drug-likeness (QED) is 0.605. The molecule has 0 bridgehead atoms. The number of furan rings is 1. The molecule has 0 saturated heterocycles. The molecule has 1 unspecified atom stereocenters. The minimum Gasteiger partial charge on any atom is -0.472 e. The van der Waals surface area contributed by atoms with Crippen LogP contribution in [0, 0.1) is 5.92 Å². The Morgan fingerprint density at radius 2 is 2.00 bits per heavy atom. The Morgan fingerprint density at radius 3 is 2.79 bits per heavy atom. The van der Waals surface area contributed by atoms with Gasteiger partial charge in [0.1, 0.15) is 12.1 Å². The highest BCUT2D eigenvalue weighted by molar-refractivity contribution is 5.94. The number of benzene rings is 1. The number of nitrogens with zero attached hydrogens (tertiary/aromatic N) is 5. The van der Waals surface area contributed by atoms with Gasteiger partial charge in [0.2, 0.25) is 0 Å². The lowest BCUT2D eigenvalue weighted by atomic mass is 9.99. The minimum atomic E-state index is -0.215. The number of aromatic nitrogens is 3. The Morgan fingerprint density at radius 1 is 1.12 bits per heavy atom. The number of hydrogen-bond donors (Lipinski definition) is 1. The number of carbonyl (C=O) groups excluding carboxylic acids is 1. The van der Waals surface area contributed by atoms with Crippen molar-refractivity contribution in [2.24, 2.45) is 5.92 Å². The van der Waals surface area contributed by atoms with Crippen LogP contribution in [-0.2, 0) is 25.9 Å². The topological polar surface area (TPSA) is 79.4 Å². The third-order valence-corrected chi connectivity index (χ3v) is 7.06. The number of aryl methyl sites for hydroxylation is 1. The first-order chi connectivity index (χ1) is 16.5. The fraction of sp³-hybridized carbons (Fsp3) is 0.500. The van der Waals surface area contributed by atoms with Gasteiger partial charge in [0.15, 0.2) is 5.82 Å². The van der Waals surface area contributed by atoms with E-state index in [0.29, 0.717) is 5.56 Å². The first-order valence-corrected chi connectivity index (χ1v) is 12.3. The summed E-state index contributed by atoms with van der Waals surface area (Å²) in [6, 6.07) is 8.41. The van der Waals surface area contributed by atoms with E-state index in [2.05, 4.69) is 69.0 Å². The van der Waals surface area contributed by atoms with Crippen molar-refractivity contribution in [1.29, 1.82) is 0 Å². The number of hydrogen-bond acceptors (Lipinski definition) is 6. The molecule has 1 N–H and O–H groups in total. The zero-order valence-electron chi connectivity index (χ0n) is 20.3. The molecule has 1 aromatic carbocycles. The van der Waals surface area contributed by atoms with Gasteiger partial charge in [-0.25, -0.2) is 0 Å². The molecule has 0 aliphatic carbocycles. The number of rotatable bonds is 6. The van der Waals surface area contributed by atoms with Crippen LogP contribution in [0.15, 0.2) is 41.2 Å². The van der Waals surface area contributed by atoms with Crippen LogP contribution in [0.3, 0.4) is 0 Å². The summed E-state index contributed by atoms with van der Waals surface area (Å²) in [5.41, 5.74) is 4.73. The SMILES string of the molecule is CC(C)C(NC(=O)c1ccoc1)c1nnc2n1CCN(Cc1ccc3c(c1)CCCN3C)CC2. The van der Waals surface area contributed by atoms with Gasteiger partial charge < -0.3 is 19.2 Å². The van der Waals surface area contributed by atoms with Crippen LogP contribution in [0.4, 0.5) is 5.69 Å². The molecule has 8 nitrogen and oxygen atoms in total. The molecule has 0 fully saturated rings. The Bertz CT molecular complexity index is 1140. The van der Waals surface area contributed by atoms with Crippen molar-refractivity contribution in [3.63, 3.8) is 0 Å². The Labute approximate surface area is 200 Å². The van der Waals surface area contributed by atoms with Crippen molar-refractivity contribution in [2.45, 2.75) is 52.2 Å². The first-order valence-electron chi connectivity index (χ1n) is 12.3. The maximum atomic E-state index is 12.7. The van der Waals surface area contributed by atoms with Crippen LogP contribution in [0.2, 0.25) is 0 Å². The molecule has 1 amide bonds. The molecule has 0 spiro atoms. The van der Waals surface area contributed by atoms with Crippen molar-refractivity contribution in [3.8, 4) is 0 Å². The lowest BCUT2D eigenvalue weighted by Gasteiger charge is -2.28. The van der Waals surface area contributed by atoms with Crippen LogP contribution in [0.1, 0.15) is 59.4 Å². The normalized spacial score (nSPS) is 17.2. The second-order valence-corrected chi connectivity index (χ2v) is 9.85. The predicted molar refractivity (Wildman–Crippen MR) is 131 cm³/mol. The molecular weight excluding hydrogens is 428 g/mol. The summed E-state index contributed by atoms with van der Waals surface area (Å²) in [6.45, 7) is 8.96. The predicted octanol–water partition coefficient (Wildman–Crippen LogP) is 3.44. The second kappa shape index (κ2) is 9.62. The maximum absolute atomic E-state index is 12.7. The molecule has 3 aromatic rings. The van der Waals surface area contributed by atoms with E-state index in [-0.39, 0.29) is 17.9 Å². The molecule has 2 aromatic heterocycles. The number of nitrogens with one attached hydrogen (secondary N) is 1. The molecule has 8 heteroatoms. The van der Waals surface area contributed by atoms with E-state index in [0.717, 1.165) is 50.8 Å². The molecule has 0 saturated carbocycles. The zero-order valence-corrected chi connectivity index (χ0v) is 20.3. The fourth-order valence-electron chi connectivity index (χ4n) is 5.12. The average Bonchev–Trinajstić information content (AvgIpc) is 3.46. The molecule has 1 atom stereocenters. The first kappa shape index (κ1) is 22.7. The van der Waals surface area contributed by atoms with Gasteiger partial charge in [-0.2, -0.15) is 0 Å². The van der Waals surface area contributed by atoms with Gasteiger partial charge in [0.05, 0.1) is 17.9 Å². The van der Waals surface area contributed by atoms with Crippen LogP contribution in [0.25, 0.3) is 0 Å². The zero-order chi connectivity index (χ0) is 23.7. The maximum Gasteiger partial charge on any atom is 0.255 e. The summed E-state index contributed by atoms with van der Waals surface area (Å²) in [7, 11) is 2.18. The van der Waals surface area contributed by atoms with Crippen molar-refractivity contribution < 1.29 is 9.21 Å². The van der Waals surface area contributed by atoms with Crippen LogP contribution >= 0.6 is 0 Å². The molecule has 2 aliphatic heterocycles. The Kier molecular flexibility index (Phi) is 6.41. The van der Waals surface area contributed by atoms with Gasteiger partial charge >= 0.3 is 0 Å². The van der Waals surface area contributed by atoms with Crippen LogP contribution < -0.4 is 10.2 Å². The molecule has 4 heterocycles. The van der Waals surface area contributed by atoms with Gasteiger partial charge in [-0.05, 0) is 42.0 Å². The van der Waals surface area contributed by atoms with Gasteiger partial charge in [-0.1, -0.05) is 26.0 Å². The summed E-state index contributed by atoms with van der Waals surface area (Å²) < 4.78 is 7.28. The van der Waals surface area contributed by atoms with Crippen LogP contribution in [-0.4, -0.2) is 52.3 Å². The van der Waals surface area contributed by atoms with Crippen molar-refractivity contribution in [1.82, 2.24) is 25.0 Å². The number of anilines is 1. The summed E-state index contributed by atoms with van der Waals surface area (Å²) in [5, 5.41) is 12.2. The fourth-order valence-corrected chi connectivity index (χ4v) is 5.12. The van der Waals surface area contributed by atoms with E-state index < -0.39 is 0 Å². The van der Waals surface area contributed by atoms with E-state index in [9.17, 15) is 4.79 Å². The standard InChI is InChI=1S/C26H34N6O2/c1-18(2)24(27-26(33)21-9-14-34-17-21)25-29-28-23-8-11-31(12-13-32(23)25)16-19-6-7-22-20(15-19)5-4-10-30(22)3/h6-7,9,14-15,17-18,24H,4-5,8,10-13,16H2,1-3H3,(H,27,33). The number of amides is 1. The highest BCUT2D eigenvalue weighted by Crippen LogP contribution is 2.28. The van der Waals surface area contributed by atoms with Crippen LogP contribution in [0.5, 0.6) is 0 Å². The summed E-state index contributed by atoms with van der Waals surface area (Å²) >= 11 is 0. The van der Waals surface area contributed by atoms with Gasteiger partial charge in [-0.3, -0.25) is 9.69 Å². The van der Waals surface area contributed by atoms with E-state index in [4.69, 9.17) is 4.42 Å². The summed E-state index contributed by atoms with van der Waals surface area (Å²) in [6.07, 6.45) is 6.22. The molecule has 5 rings (SSSR count). The largest absolute Gasteiger partial charge is 0.472 e. The van der Waals surface area contributed by atoms with E-state index >= 15 is 0 Å². The van der Waals surface area contributed by atoms with Crippen molar-refractivity contribution in [2.75, 3.05) is 31.6 Å². The molecule has 0 radical (unpaired) electrons. The minimum absolute atomic E-state index is 0.155. The second-order valence-electron chi connectivity index (χ2n) is 9.85. The van der Waals surface area contributed by atoms with E-state index in [1.54, 1.807) is 6.07 Å². The van der Waals surface area contributed by atoms with Gasteiger partial charge in [-0.15, -0.1) is 10.2 Å². The van der Waals surface area contributed by atoms with Gasteiger partial charge in [0, 0.05) is 51.9 Å². The van der Waals surface area contributed by atoms with Gasteiger partial charge in [0.25, 0.3) is 5.91 Å². The number of fused-ring (bicyclic) bond motifs is 2. The smallest absolute Gasteiger partial charge is 0.255 e. The van der Waals surface area contributed by atoms with Crippen molar-refractivity contribution in [3.05, 3.63) is 65.1 Å². The highest BCUT2D eigenvalue weighted by Gasteiger charge is 2.28. The average molecular weight is 463 g/mol.